The molecule has 132 valence electrons. The Morgan fingerprint density at radius 1 is 1.08 bits per heavy atom. The fraction of sp³-hybridized carbons (Fsp3) is 0.350. The van der Waals surface area contributed by atoms with Crippen molar-refractivity contribution in [1.82, 2.24) is 9.80 Å². The molecule has 1 N–H and O–H groups in total. The zero-order chi connectivity index (χ0) is 17.6. The van der Waals surface area contributed by atoms with Crippen molar-refractivity contribution in [3.8, 4) is 5.75 Å². The number of methoxy groups -OCH3 is 1. The van der Waals surface area contributed by atoms with Crippen LogP contribution in [0.5, 0.6) is 5.75 Å². The lowest BCUT2D eigenvalue weighted by Crippen LogP contribution is -2.49. The number of carbonyl (C=O) groups excluding carboxylic acids is 1. The molecule has 1 heterocycles. The third-order valence-corrected chi connectivity index (χ3v) is 4.49. The van der Waals surface area contributed by atoms with E-state index in [-0.39, 0.29) is 6.03 Å². The second-order valence-corrected chi connectivity index (χ2v) is 6.41. The first-order valence-electron chi connectivity index (χ1n) is 8.62. The number of ether oxygens (including phenoxy) is 1. The van der Waals surface area contributed by atoms with Crippen LogP contribution in [0, 0.1) is 6.92 Å². The average molecular weight is 339 g/mol. The average Bonchev–Trinajstić information content (AvgIpc) is 2.63. The second kappa shape index (κ2) is 8.03. The molecule has 1 fully saturated rings. The summed E-state index contributed by atoms with van der Waals surface area (Å²) in [5.41, 5.74) is 3.26. The molecule has 1 aliphatic rings. The van der Waals surface area contributed by atoms with E-state index in [2.05, 4.69) is 22.3 Å². The van der Waals surface area contributed by atoms with Gasteiger partial charge in [0.2, 0.25) is 0 Å². The molecule has 0 spiro atoms. The topological polar surface area (TPSA) is 44.8 Å². The summed E-state index contributed by atoms with van der Waals surface area (Å²) in [6.45, 7) is 6.17. The maximum atomic E-state index is 12.4. The van der Waals surface area contributed by atoms with E-state index in [4.69, 9.17) is 4.74 Å². The van der Waals surface area contributed by atoms with Gasteiger partial charge in [-0.05, 0) is 42.3 Å². The van der Waals surface area contributed by atoms with E-state index in [9.17, 15) is 4.79 Å². The smallest absolute Gasteiger partial charge is 0.321 e. The van der Waals surface area contributed by atoms with Crippen molar-refractivity contribution in [3.63, 3.8) is 0 Å². The number of hydrogen-bond acceptors (Lipinski definition) is 3. The van der Waals surface area contributed by atoms with Gasteiger partial charge in [0, 0.05) is 38.4 Å². The summed E-state index contributed by atoms with van der Waals surface area (Å²) in [6.07, 6.45) is 0. The highest BCUT2D eigenvalue weighted by Gasteiger charge is 2.21. The lowest BCUT2D eigenvalue weighted by Gasteiger charge is -2.34. The molecule has 0 atom stereocenters. The number of carbonyl (C=O) groups is 1. The van der Waals surface area contributed by atoms with Crippen LogP contribution in [0.3, 0.4) is 0 Å². The minimum atomic E-state index is -0.0188. The maximum Gasteiger partial charge on any atom is 0.321 e. The van der Waals surface area contributed by atoms with Crippen molar-refractivity contribution in [1.29, 1.82) is 0 Å². The number of piperazine rings is 1. The number of rotatable bonds is 4. The highest BCUT2D eigenvalue weighted by atomic mass is 16.5. The molecular formula is C20H25N3O2. The number of nitrogens with one attached hydrogen (secondary N) is 1. The number of aryl methyl sites for hydroxylation is 1. The highest BCUT2D eigenvalue weighted by Crippen LogP contribution is 2.15. The third-order valence-electron chi connectivity index (χ3n) is 4.49. The van der Waals surface area contributed by atoms with Crippen LogP contribution in [0.4, 0.5) is 10.5 Å². The van der Waals surface area contributed by atoms with E-state index in [1.807, 2.05) is 48.2 Å². The molecule has 0 aromatic heterocycles. The first-order valence-corrected chi connectivity index (χ1v) is 8.62. The van der Waals surface area contributed by atoms with Crippen molar-refractivity contribution >= 4 is 11.7 Å². The first-order chi connectivity index (χ1) is 12.1. The van der Waals surface area contributed by atoms with Gasteiger partial charge in [0.25, 0.3) is 0 Å². The molecule has 2 aromatic carbocycles. The third kappa shape index (κ3) is 4.73. The van der Waals surface area contributed by atoms with Crippen molar-refractivity contribution in [3.05, 3.63) is 59.7 Å². The minimum Gasteiger partial charge on any atom is -0.497 e. The van der Waals surface area contributed by atoms with Gasteiger partial charge in [-0.15, -0.1) is 0 Å². The SMILES string of the molecule is COc1ccc(CN2CCN(C(=O)Nc3cccc(C)c3)CC2)cc1. The summed E-state index contributed by atoms with van der Waals surface area (Å²) in [6, 6.07) is 16.0. The Bertz CT molecular complexity index is 707. The largest absolute Gasteiger partial charge is 0.497 e. The Morgan fingerprint density at radius 2 is 1.80 bits per heavy atom. The van der Waals surface area contributed by atoms with Gasteiger partial charge in [-0.1, -0.05) is 24.3 Å². The number of anilines is 1. The lowest BCUT2D eigenvalue weighted by molar-refractivity contribution is 0.143. The zero-order valence-corrected chi connectivity index (χ0v) is 14.9. The Balaban J connectivity index is 1.48. The van der Waals surface area contributed by atoms with E-state index in [1.165, 1.54) is 5.56 Å². The fourth-order valence-corrected chi connectivity index (χ4v) is 3.02. The predicted octanol–water partition coefficient (Wildman–Crippen LogP) is 3.35. The summed E-state index contributed by atoms with van der Waals surface area (Å²) in [4.78, 5) is 16.7. The summed E-state index contributed by atoms with van der Waals surface area (Å²) in [7, 11) is 1.68. The van der Waals surface area contributed by atoms with Crippen molar-refractivity contribution < 1.29 is 9.53 Å². The monoisotopic (exact) mass is 339 g/mol. The van der Waals surface area contributed by atoms with Gasteiger partial charge < -0.3 is 15.0 Å². The molecule has 25 heavy (non-hydrogen) atoms. The molecule has 1 saturated heterocycles. The van der Waals surface area contributed by atoms with Gasteiger partial charge in [-0.3, -0.25) is 4.90 Å². The van der Waals surface area contributed by atoms with Crippen LogP contribution in [0.2, 0.25) is 0 Å². The van der Waals surface area contributed by atoms with Gasteiger partial charge in [0.1, 0.15) is 5.75 Å². The van der Waals surface area contributed by atoms with Crippen LogP contribution in [0.25, 0.3) is 0 Å². The summed E-state index contributed by atoms with van der Waals surface area (Å²) >= 11 is 0. The van der Waals surface area contributed by atoms with Gasteiger partial charge in [0.15, 0.2) is 0 Å². The molecule has 0 radical (unpaired) electrons. The van der Waals surface area contributed by atoms with Crippen molar-refractivity contribution in [2.75, 3.05) is 38.6 Å². The summed E-state index contributed by atoms with van der Waals surface area (Å²) in [5.74, 6) is 0.876. The van der Waals surface area contributed by atoms with Crippen LogP contribution in [0.1, 0.15) is 11.1 Å². The van der Waals surface area contributed by atoms with Crippen LogP contribution >= 0.6 is 0 Å². The summed E-state index contributed by atoms with van der Waals surface area (Å²) < 4.78 is 5.19. The molecule has 5 heteroatoms. The Kier molecular flexibility index (Phi) is 5.56. The molecule has 3 rings (SSSR count). The van der Waals surface area contributed by atoms with Gasteiger partial charge in [-0.25, -0.2) is 4.79 Å². The van der Waals surface area contributed by atoms with Crippen LogP contribution < -0.4 is 10.1 Å². The molecular weight excluding hydrogens is 314 g/mol. The molecule has 2 amide bonds. The molecule has 1 aliphatic heterocycles. The normalized spacial score (nSPS) is 15.0. The van der Waals surface area contributed by atoms with Gasteiger partial charge in [0.05, 0.1) is 7.11 Å². The maximum absolute atomic E-state index is 12.4. The zero-order valence-electron chi connectivity index (χ0n) is 14.9. The second-order valence-electron chi connectivity index (χ2n) is 6.41. The van der Waals surface area contributed by atoms with Crippen LogP contribution in [0.15, 0.2) is 48.5 Å². The minimum absolute atomic E-state index is 0.0188. The molecule has 0 bridgehead atoms. The lowest BCUT2D eigenvalue weighted by atomic mass is 10.2. The van der Waals surface area contributed by atoms with Crippen LogP contribution in [-0.2, 0) is 6.54 Å². The summed E-state index contributed by atoms with van der Waals surface area (Å²) in [5, 5.41) is 2.98. The number of nitrogens with zero attached hydrogens (tertiary/aromatic N) is 2. The van der Waals surface area contributed by atoms with E-state index >= 15 is 0 Å². The van der Waals surface area contributed by atoms with Crippen molar-refractivity contribution in [2.45, 2.75) is 13.5 Å². The van der Waals surface area contributed by atoms with E-state index in [0.717, 1.165) is 49.7 Å². The van der Waals surface area contributed by atoms with Gasteiger partial charge >= 0.3 is 6.03 Å². The Morgan fingerprint density at radius 3 is 2.44 bits per heavy atom. The van der Waals surface area contributed by atoms with Crippen LogP contribution in [-0.4, -0.2) is 49.1 Å². The van der Waals surface area contributed by atoms with Crippen molar-refractivity contribution in [2.24, 2.45) is 0 Å². The fourth-order valence-electron chi connectivity index (χ4n) is 3.02. The van der Waals surface area contributed by atoms with E-state index in [0.29, 0.717) is 0 Å². The highest BCUT2D eigenvalue weighted by molar-refractivity contribution is 5.89. The first kappa shape index (κ1) is 17.3. The Labute approximate surface area is 149 Å². The quantitative estimate of drug-likeness (QED) is 0.929. The molecule has 2 aromatic rings. The van der Waals surface area contributed by atoms with E-state index in [1.54, 1.807) is 7.11 Å². The number of hydrogen-bond donors (Lipinski definition) is 1. The number of amides is 2. The van der Waals surface area contributed by atoms with Gasteiger partial charge in [-0.2, -0.15) is 0 Å². The molecule has 0 unspecified atom stereocenters. The molecule has 0 aliphatic carbocycles. The van der Waals surface area contributed by atoms with E-state index < -0.39 is 0 Å². The standard InChI is InChI=1S/C20H25N3O2/c1-16-4-3-5-18(14-16)21-20(24)23-12-10-22(11-13-23)15-17-6-8-19(25-2)9-7-17/h3-9,14H,10-13,15H2,1-2H3,(H,21,24). The number of benzene rings is 2. The Hall–Kier alpha value is -2.53. The molecule has 0 saturated carbocycles. The number of urea groups is 1. The predicted molar refractivity (Wildman–Crippen MR) is 100 cm³/mol. The molecule has 5 nitrogen and oxygen atoms in total.